The first-order chi connectivity index (χ1) is 5.75. The van der Waals surface area contributed by atoms with Crippen molar-refractivity contribution >= 4 is 11.3 Å². The first kappa shape index (κ1) is 11.7. The summed E-state index contributed by atoms with van der Waals surface area (Å²) in [5, 5.41) is 2.19. The molecule has 0 aliphatic rings. The highest BCUT2D eigenvalue weighted by molar-refractivity contribution is 7.10. The zero-order valence-corrected chi connectivity index (χ0v) is 9.66. The summed E-state index contributed by atoms with van der Waals surface area (Å²) in [5.41, 5.74) is 1.53. The van der Waals surface area contributed by atoms with Crippen LogP contribution in [-0.2, 0) is 6.42 Å². The van der Waals surface area contributed by atoms with Gasteiger partial charge in [-0.3, -0.25) is 0 Å². The number of thiophene rings is 1. The van der Waals surface area contributed by atoms with Crippen molar-refractivity contribution < 1.29 is 0 Å². The van der Waals surface area contributed by atoms with Gasteiger partial charge in [0.05, 0.1) is 0 Å². The van der Waals surface area contributed by atoms with Crippen molar-refractivity contribution in [3.63, 3.8) is 0 Å². The van der Waals surface area contributed by atoms with E-state index < -0.39 is 0 Å². The molecule has 0 bridgehead atoms. The molecule has 1 rings (SSSR count). The Labute approximate surface area is 80.6 Å². The molecule has 0 radical (unpaired) electrons. The topological polar surface area (TPSA) is 0 Å². The fraction of sp³-hybridized carbons (Fsp3) is 0.636. The summed E-state index contributed by atoms with van der Waals surface area (Å²) < 4.78 is 0. The largest absolute Gasteiger partial charge is 0.149 e. The summed E-state index contributed by atoms with van der Waals surface area (Å²) >= 11 is 1.88. The Morgan fingerprint density at radius 1 is 1.33 bits per heavy atom. The Balaban J connectivity index is 0.000000561. The fourth-order valence-electron chi connectivity index (χ4n) is 1.15. The van der Waals surface area contributed by atoms with Gasteiger partial charge in [0.1, 0.15) is 0 Å². The second-order valence-electron chi connectivity index (χ2n) is 2.81. The molecule has 0 saturated carbocycles. The van der Waals surface area contributed by atoms with Gasteiger partial charge in [-0.15, -0.1) is 11.3 Å². The van der Waals surface area contributed by atoms with Crippen LogP contribution in [0.1, 0.15) is 51.0 Å². The molecule has 1 heterocycles. The Bertz CT molecular complexity index is 199. The van der Waals surface area contributed by atoms with Gasteiger partial charge in [-0.05, 0) is 29.3 Å². The van der Waals surface area contributed by atoms with Crippen LogP contribution in [0.5, 0.6) is 0 Å². The monoisotopic (exact) mass is 184 g/mol. The SMILES string of the molecule is CC.CCc1sccc1C(C)C. The zero-order valence-electron chi connectivity index (χ0n) is 8.85. The van der Waals surface area contributed by atoms with Crippen molar-refractivity contribution in [3.8, 4) is 0 Å². The van der Waals surface area contributed by atoms with Gasteiger partial charge in [0.15, 0.2) is 0 Å². The van der Waals surface area contributed by atoms with E-state index in [-0.39, 0.29) is 0 Å². The van der Waals surface area contributed by atoms with E-state index in [1.807, 2.05) is 25.2 Å². The molecule has 0 aliphatic heterocycles. The van der Waals surface area contributed by atoms with Crippen LogP contribution in [0.15, 0.2) is 11.4 Å². The quantitative estimate of drug-likeness (QED) is 0.636. The molecule has 1 aromatic heterocycles. The summed E-state index contributed by atoms with van der Waals surface area (Å²) in [6, 6.07) is 2.24. The number of hydrogen-bond acceptors (Lipinski definition) is 1. The van der Waals surface area contributed by atoms with Crippen LogP contribution in [-0.4, -0.2) is 0 Å². The maximum absolute atomic E-state index is 2.25. The molecule has 0 saturated heterocycles. The van der Waals surface area contributed by atoms with Gasteiger partial charge in [-0.2, -0.15) is 0 Å². The smallest absolute Gasteiger partial charge is 0.00770 e. The zero-order chi connectivity index (χ0) is 9.56. The minimum absolute atomic E-state index is 0.696. The molecule has 0 atom stereocenters. The van der Waals surface area contributed by atoms with Crippen LogP contribution in [0.2, 0.25) is 0 Å². The highest BCUT2D eigenvalue weighted by Gasteiger charge is 2.04. The number of rotatable bonds is 2. The van der Waals surface area contributed by atoms with Gasteiger partial charge < -0.3 is 0 Å². The van der Waals surface area contributed by atoms with E-state index in [0.29, 0.717) is 5.92 Å². The molecule has 1 aromatic rings. The third kappa shape index (κ3) is 2.98. The van der Waals surface area contributed by atoms with Gasteiger partial charge in [0, 0.05) is 4.88 Å². The second-order valence-corrected chi connectivity index (χ2v) is 3.81. The summed E-state index contributed by atoms with van der Waals surface area (Å²) in [6.07, 6.45) is 1.19. The Morgan fingerprint density at radius 3 is 2.25 bits per heavy atom. The lowest BCUT2D eigenvalue weighted by atomic mass is 10.0. The highest BCUT2D eigenvalue weighted by atomic mass is 32.1. The Hall–Kier alpha value is -0.300. The van der Waals surface area contributed by atoms with Crippen LogP contribution in [0.4, 0.5) is 0 Å². The molecule has 12 heavy (non-hydrogen) atoms. The number of aryl methyl sites for hydroxylation is 1. The van der Waals surface area contributed by atoms with Crippen LogP contribution in [0.3, 0.4) is 0 Å². The molecule has 0 fully saturated rings. The van der Waals surface area contributed by atoms with Gasteiger partial charge in [0.2, 0.25) is 0 Å². The normalized spacial score (nSPS) is 9.50. The first-order valence-electron chi connectivity index (χ1n) is 4.82. The maximum Gasteiger partial charge on any atom is 0.00770 e. The van der Waals surface area contributed by atoms with Crippen molar-refractivity contribution in [3.05, 3.63) is 21.9 Å². The summed E-state index contributed by atoms with van der Waals surface area (Å²) in [6.45, 7) is 10.7. The summed E-state index contributed by atoms with van der Waals surface area (Å²) in [7, 11) is 0. The predicted octanol–water partition coefficient (Wildman–Crippen LogP) is 4.46. The van der Waals surface area contributed by atoms with Crippen molar-refractivity contribution in [2.75, 3.05) is 0 Å². The first-order valence-corrected chi connectivity index (χ1v) is 5.70. The van der Waals surface area contributed by atoms with E-state index in [2.05, 4.69) is 32.2 Å². The van der Waals surface area contributed by atoms with Crippen molar-refractivity contribution in [2.24, 2.45) is 0 Å². The highest BCUT2D eigenvalue weighted by Crippen LogP contribution is 2.24. The lowest BCUT2D eigenvalue weighted by Gasteiger charge is -2.03. The summed E-state index contributed by atoms with van der Waals surface area (Å²) in [4.78, 5) is 1.55. The van der Waals surface area contributed by atoms with Gasteiger partial charge in [-0.1, -0.05) is 34.6 Å². The summed E-state index contributed by atoms with van der Waals surface area (Å²) in [5.74, 6) is 0.696. The molecule has 0 aromatic carbocycles. The lowest BCUT2D eigenvalue weighted by molar-refractivity contribution is 0.855. The van der Waals surface area contributed by atoms with E-state index >= 15 is 0 Å². The van der Waals surface area contributed by atoms with E-state index in [1.54, 1.807) is 4.88 Å². The molecule has 0 aliphatic carbocycles. The standard InChI is InChI=1S/C9H14S.C2H6/c1-4-9-8(7(2)3)5-6-10-9;1-2/h5-7H,4H2,1-3H3;1-2H3. The third-order valence-electron chi connectivity index (χ3n) is 1.72. The Morgan fingerprint density at radius 2 is 1.92 bits per heavy atom. The second kappa shape index (κ2) is 6.24. The van der Waals surface area contributed by atoms with E-state index in [0.717, 1.165) is 0 Å². The van der Waals surface area contributed by atoms with Crippen molar-refractivity contribution in [1.82, 2.24) is 0 Å². The van der Waals surface area contributed by atoms with E-state index in [1.165, 1.54) is 12.0 Å². The van der Waals surface area contributed by atoms with Gasteiger partial charge in [-0.25, -0.2) is 0 Å². The molecule has 0 nitrogen and oxygen atoms in total. The molecule has 0 unspecified atom stereocenters. The average molecular weight is 184 g/mol. The Kier molecular flexibility index (Phi) is 6.09. The van der Waals surface area contributed by atoms with Crippen LogP contribution >= 0.6 is 11.3 Å². The molecular weight excluding hydrogens is 164 g/mol. The van der Waals surface area contributed by atoms with Crippen LogP contribution in [0, 0.1) is 0 Å². The maximum atomic E-state index is 2.25. The van der Waals surface area contributed by atoms with Crippen LogP contribution in [0.25, 0.3) is 0 Å². The molecule has 0 N–H and O–H groups in total. The predicted molar refractivity (Wildman–Crippen MR) is 59.1 cm³/mol. The van der Waals surface area contributed by atoms with Crippen LogP contribution < -0.4 is 0 Å². The lowest BCUT2D eigenvalue weighted by Crippen LogP contribution is -1.87. The fourth-order valence-corrected chi connectivity index (χ4v) is 2.14. The molecule has 0 amide bonds. The molecule has 70 valence electrons. The van der Waals surface area contributed by atoms with E-state index in [9.17, 15) is 0 Å². The minimum atomic E-state index is 0.696. The van der Waals surface area contributed by atoms with Crippen molar-refractivity contribution in [1.29, 1.82) is 0 Å². The van der Waals surface area contributed by atoms with E-state index in [4.69, 9.17) is 0 Å². The number of hydrogen-bond donors (Lipinski definition) is 0. The third-order valence-corrected chi connectivity index (χ3v) is 2.80. The molecular formula is C11H20S. The van der Waals surface area contributed by atoms with Crippen molar-refractivity contribution in [2.45, 2.75) is 47.0 Å². The van der Waals surface area contributed by atoms with Gasteiger partial charge >= 0.3 is 0 Å². The molecule has 1 heteroatoms. The van der Waals surface area contributed by atoms with Gasteiger partial charge in [0.25, 0.3) is 0 Å². The average Bonchev–Trinajstić information content (AvgIpc) is 2.55. The minimum Gasteiger partial charge on any atom is -0.149 e. The molecule has 0 spiro atoms.